The maximum atomic E-state index is 13.5. The number of Topliss-reactive ketones (excluding diaryl/α,β-unsaturated/α-hetero) is 1. The quantitative estimate of drug-likeness (QED) is 0.132. The van der Waals surface area contributed by atoms with Crippen LogP contribution in [0.15, 0.2) is 72.3 Å². The first-order valence-corrected chi connectivity index (χ1v) is 12.2. The van der Waals surface area contributed by atoms with Gasteiger partial charge in [0.2, 0.25) is 0 Å². The second-order valence-electron chi connectivity index (χ2n) is 7.89. The monoisotopic (exact) mass is 555 g/mol. The number of ether oxygens (including phenoxy) is 1. The Balaban J connectivity index is 1.99. The molecule has 0 aliphatic carbocycles. The van der Waals surface area contributed by atoms with Crippen LogP contribution in [-0.4, -0.2) is 30.6 Å². The molecule has 172 valence electrons. The van der Waals surface area contributed by atoms with Crippen LogP contribution >= 0.6 is 22.6 Å². The zero-order valence-electron chi connectivity index (χ0n) is 19.3. The van der Waals surface area contributed by atoms with Gasteiger partial charge in [0.15, 0.2) is 5.78 Å². The lowest BCUT2D eigenvalue weighted by Crippen LogP contribution is -2.16. The predicted molar refractivity (Wildman–Crippen MR) is 143 cm³/mol. The van der Waals surface area contributed by atoms with Crippen LogP contribution in [-0.2, 0) is 0 Å². The van der Waals surface area contributed by atoms with E-state index in [0.717, 1.165) is 51.1 Å². The number of halogens is 1. The summed E-state index contributed by atoms with van der Waals surface area (Å²) in [7, 11) is 0. The number of allylic oxidation sites excluding steroid dienone is 1. The van der Waals surface area contributed by atoms with Gasteiger partial charge in [-0.3, -0.25) is 4.79 Å². The van der Waals surface area contributed by atoms with Crippen molar-refractivity contribution in [2.24, 2.45) is 0 Å². The number of phenolic OH excluding ortho intramolecular Hbond substituents is 1. The molecule has 0 aromatic heterocycles. The minimum absolute atomic E-state index is 0.00812. The number of phenols is 1. The van der Waals surface area contributed by atoms with E-state index in [1.165, 1.54) is 0 Å². The van der Waals surface area contributed by atoms with E-state index in [9.17, 15) is 9.90 Å². The van der Waals surface area contributed by atoms with Crippen molar-refractivity contribution >= 4 is 33.9 Å². The molecule has 0 aliphatic rings. The Bertz CT molecular complexity index is 1140. The van der Waals surface area contributed by atoms with Crippen molar-refractivity contribution in [1.29, 1.82) is 0 Å². The van der Waals surface area contributed by atoms with Gasteiger partial charge in [-0.2, -0.15) is 0 Å². The zero-order valence-corrected chi connectivity index (χ0v) is 21.5. The lowest BCUT2D eigenvalue weighted by Gasteiger charge is -2.17. The fourth-order valence-electron chi connectivity index (χ4n) is 3.75. The van der Waals surface area contributed by atoms with Crippen LogP contribution in [0.25, 0.3) is 5.57 Å². The van der Waals surface area contributed by atoms with Gasteiger partial charge in [0.05, 0.1) is 6.61 Å². The van der Waals surface area contributed by atoms with Crippen LogP contribution in [0.2, 0.25) is 0 Å². The van der Waals surface area contributed by atoms with Gasteiger partial charge < -0.3 is 15.2 Å². The molecular weight excluding hydrogens is 525 g/mol. The van der Waals surface area contributed by atoms with Gasteiger partial charge in [0.1, 0.15) is 11.5 Å². The number of carbonyl (C=O) groups is 1. The summed E-state index contributed by atoms with van der Waals surface area (Å²) in [4.78, 5) is 13.5. The van der Waals surface area contributed by atoms with E-state index in [0.29, 0.717) is 17.7 Å². The Morgan fingerprint density at radius 3 is 2.42 bits per heavy atom. The van der Waals surface area contributed by atoms with Gasteiger partial charge >= 0.3 is 0 Å². The molecule has 5 heteroatoms. The van der Waals surface area contributed by atoms with Gasteiger partial charge in [-0.25, -0.2) is 0 Å². The summed E-state index contributed by atoms with van der Waals surface area (Å²) in [6.07, 6.45) is 0.941. The third kappa shape index (κ3) is 6.45. The standard InChI is InChI=1S/C28H30INO3/c1-4-30-16-7-17-33-23-13-10-21(11-14-23)27(24-15-12-22(31)18-19(24)2)20(3)28(32)25-8-5-6-9-26(25)29/h5-6,8-15,18,30-31H,4,7,16-17H2,1-3H3/b27-20+. The molecule has 0 amide bonds. The highest BCUT2D eigenvalue weighted by molar-refractivity contribution is 14.1. The van der Waals surface area contributed by atoms with Crippen LogP contribution in [0.1, 0.15) is 47.3 Å². The van der Waals surface area contributed by atoms with Crippen molar-refractivity contribution in [2.75, 3.05) is 19.7 Å². The third-order valence-electron chi connectivity index (χ3n) is 5.47. The van der Waals surface area contributed by atoms with Crippen molar-refractivity contribution in [3.05, 3.63) is 98.1 Å². The first-order valence-electron chi connectivity index (χ1n) is 11.2. The minimum Gasteiger partial charge on any atom is -0.508 e. The highest BCUT2D eigenvalue weighted by Crippen LogP contribution is 2.33. The van der Waals surface area contributed by atoms with Crippen LogP contribution in [0.3, 0.4) is 0 Å². The number of benzene rings is 3. The molecule has 0 radical (unpaired) electrons. The van der Waals surface area contributed by atoms with Crippen LogP contribution in [0, 0.1) is 10.5 Å². The van der Waals surface area contributed by atoms with E-state index in [1.807, 2.05) is 68.4 Å². The highest BCUT2D eigenvalue weighted by atomic mass is 127. The molecule has 0 saturated carbocycles. The van der Waals surface area contributed by atoms with Gasteiger partial charge in [-0.05, 0) is 115 Å². The molecule has 2 N–H and O–H groups in total. The summed E-state index contributed by atoms with van der Waals surface area (Å²) in [5.41, 5.74) is 4.96. The van der Waals surface area contributed by atoms with E-state index in [4.69, 9.17) is 4.74 Å². The number of nitrogens with one attached hydrogen (secondary N) is 1. The zero-order chi connectivity index (χ0) is 23.8. The molecule has 4 nitrogen and oxygen atoms in total. The molecule has 3 aromatic carbocycles. The maximum absolute atomic E-state index is 13.5. The van der Waals surface area contributed by atoms with Crippen LogP contribution in [0.4, 0.5) is 0 Å². The van der Waals surface area contributed by atoms with Gasteiger partial charge in [0.25, 0.3) is 0 Å². The van der Waals surface area contributed by atoms with Crippen molar-refractivity contribution in [1.82, 2.24) is 5.32 Å². The molecule has 0 saturated heterocycles. The van der Waals surface area contributed by atoms with E-state index in [-0.39, 0.29) is 11.5 Å². The van der Waals surface area contributed by atoms with E-state index >= 15 is 0 Å². The summed E-state index contributed by atoms with van der Waals surface area (Å²) in [6, 6.07) is 20.8. The second kappa shape index (κ2) is 12.0. The van der Waals surface area contributed by atoms with Gasteiger partial charge in [-0.15, -0.1) is 0 Å². The Labute approximate surface area is 209 Å². The molecule has 33 heavy (non-hydrogen) atoms. The fourth-order valence-corrected chi connectivity index (χ4v) is 4.38. The largest absolute Gasteiger partial charge is 0.508 e. The lowest BCUT2D eigenvalue weighted by molar-refractivity contribution is 0.103. The molecule has 0 spiro atoms. The summed E-state index contributed by atoms with van der Waals surface area (Å²) in [5, 5.41) is 13.2. The second-order valence-corrected chi connectivity index (χ2v) is 9.05. The molecule has 0 aliphatic heterocycles. The summed E-state index contributed by atoms with van der Waals surface area (Å²) in [6.45, 7) is 8.45. The SMILES string of the molecule is CCNCCCOc1ccc(/C(=C(/C)C(=O)c2ccccc2I)c2ccc(O)cc2C)cc1. The van der Waals surface area contributed by atoms with Crippen molar-refractivity contribution < 1.29 is 14.6 Å². The fraction of sp³-hybridized carbons (Fsp3) is 0.250. The lowest BCUT2D eigenvalue weighted by atomic mass is 9.88. The van der Waals surface area contributed by atoms with E-state index in [1.54, 1.807) is 12.1 Å². The number of ketones is 1. The van der Waals surface area contributed by atoms with Crippen molar-refractivity contribution in [3.8, 4) is 11.5 Å². The Hall–Kier alpha value is -2.64. The number of rotatable bonds is 10. The van der Waals surface area contributed by atoms with Gasteiger partial charge in [-0.1, -0.05) is 37.3 Å². The van der Waals surface area contributed by atoms with Crippen LogP contribution < -0.4 is 10.1 Å². The average Bonchev–Trinajstić information content (AvgIpc) is 2.81. The van der Waals surface area contributed by atoms with E-state index < -0.39 is 0 Å². The number of carbonyl (C=O) groups excluding carboxylic acids is 1. The molecule has 0 heterocycles. The minimum atomic E-state index is -0.00812. The Morgan fingerprint density at radius 1 is 1.03 bits per heavy atom. The summed E-state index contributed by atoms with van der Waals surface area (Å²) >= 11 is 2.20. The van der Waals surface area contributed by atoms with E-state index in [2.05, 4.69) is 34.8 Å². The van der Waals surface area contributed by atoms with Crippen molar-refractivity contribution in [2.45, 2.75) is 27.2 Å². The Kier molecular flexibility index (Phi) is 9.09. The molecule has 0 fully saturated rings. The topological polar surface area (TPSA) is 58.6 Å². The number of hydrogen-bond donors (Lipinski definition) is 2. The summed E-state index contributed by atoms with van der Waals surface area (Å²) in [5.74, 6) is 1.00. The average molecular weight is 555 g/mol. The predicted octanol–water partition coefficient (Wildman–Crippen LogP) is 6.39. The molecule has 3 aromatic rings. The van der Waals surface area contributed by atoms with Gasteiger partial charge in [0, 0.05) is 14.7 Å². The van der Waals surface area contributed by atoms with Crippen molar-refractivity contribution in [3.63, 3.8) is 0 Å². The number of aromatic hydroxyl groups is 1. The number of aryl methyl sites for hydroxylation is 1. The molecule has 0 atom stereocenters. The summed E-state index contributed by atoms with van der Waals surface area (Å²) < 4.78 is 6.79. The molecule has 0 bridgehead atoms. The molecule has 0 unspecified atom stereocenters. The third-order valence-corrected chi connectivity index (χ3v) is 6.41. The molecular formula is C28H30INO3. The maximum Gasteiger partial charge on any atom is 0.190 e. The molecule has 3 rings (SSSR count). The number of hydrogen-bond acceptors (Lipinski definition) is 4. The normalized spacial score (nSPS) is 11.8. The first-order chi connectivity index (χ1) is 15.9. The smallest absolute Gasteiger partial charge is 0.190 e. The first kappa shape index (κ1) is 25.0. The van der Waals surface area contributed by atoms with Crippen LogP contribution in [0.5, 0.6) is 11.5 Å². The highest BCUT2D eigenvalue weighted by Gasteiger charge is 2.19. The Morgan fingerprint density at radius 2 is 1.76 bits per heavy atom.